The number of aromatic nitrogens is 2. The number of hydrogen-bond acceptors (Lipinski definition) is 6. The molecule has 8 heteroatoms. The molecule has 0 radical (unpaired) electrons. The quantitative estimate of drug-likeness (QED) is 0.186. The van der Waals surface area contributed by atoms with Crippen LogP contribution in [-0.2, 0) is 16.1 Å². The highest BCUT2D eigenvalue weighted by atomic mass is 16.5. The SMILES string of the molecule is C=CCOc1ccc(C2/C(=C(\O)c3c(C)nc4ccccn34)C(=O)C(=O)N2Cc2ccco2)cc1. The second-order valence-corrected chi connectivity index (χ2v) is 8.15. The first-order chi connectivity index (χ1) is 17.0. The molecule has 8 nitrogen and oxygen atoms in total. The van der Waals surface area contributed by atoms with E-state index >= 15 is 0 Å². The van der Waals surface area contributed by atoms with Crippen molar-refractivity contribution in [3.63, 3.8) is 0 Å². The van der Waals surface area contributed by atoms with Gasteiger partial charge in [0.05, 0.1) is 30.1 Å². The van der Waals surface area contributed by atoms with Gasteiger partial charge in [0.1, 0.15) is 29.5 Å². The minimum absolute atomic E-state index is 0.00457. The van der Waals surface area contributed by atoms with Crippen LogP contribution in [0.15, 0.2) is 89.7 Å². The molecule has 1 unspecified atom stereocenters. The van der Waals surface area contributed by atoms with Gasteiger partial charge < -0.3 is 19.2 Å². The van der Waals surface area contributed by atoms with Crippen molar-refractivity contribution in [1.82, 2.24) is 14.3 Å². The number of Topliss-reactive ketones (excluding diaryl/α,β-unsaturated/α-hetero) is 1. The minimum Gasteiger partial charge on any atom is -0.505 e. The summed E-state index contributed by atoms with van der Waals surface area (Å²) in [5.41, 5.74) is 2.17. The number of carbonyl (C=O) groups excluding carboxylic acids is 2. The molecule has 1 aromatic carbocycles. The molecular formula is C27H23N3O5. The lowest BCUT2D eigenvalue weighted by Crippen LogP contribution is -2.29. The van der Waals surface area contributed by atoms with Gasteiger partial charge in [0.2, 0.25) is 0 Å². The molecule has 1 amide bonds. The molecule has 1 N–H and O–H groups in total. The molecule has 3 aromatic heterocycles. The Bertz CT molecular complexity index is 1450. The predicted octanol–water partition coefficient (Wildman–Crippen LogP) is 4.42. The van der Waals surface area contributed by atoms with E-state index < -0.39 is 17.7 Å². The van der Waals surface area contributed by atoms with Crippen LogP contribution in [0.4, 0.5) is 0 Å². The lowest BCUT2D eigenvalue weighted by atomic mass is 9.96. The highest BCUT2D eigenvalue weighted by molar-refractivity contribution is 6.46. The van der Waals surface area contributed by atoms with E-state index in [0.29, 0.717) is 40.7 Å². The van der Waals surface area contributed by atoms with Crippen LogP contribution < -0.4 is 4.74 Å². The maximum Gasteiger partial charge on any atom is 0.296 e. The van der Waals surface area contributed by atoms with Crippen LogP contribution in [0.2, 0.25) is 0 Å². The van der Waals surface area contributed by atoms with E-state index in [-0.39, 0.29) is 17.9 Å². The fourth-order valence-corrected chi connectivity index (χ4v) is 4.39. The second kappa shape index (κ2) is 8.98. The Hall–Kier alpha value is -4.59. The van der Waals surface area contributed by atoms with Gasteiger partial charge in [-0.05, 0) is 48.9 Å². The van der Waals surface area contributed by atoms with Crippen LogP contribution >= 0.6 is 0 Å². The Kier molecular flexibility index (Phi) is 5.70. The molecule has 1 aliphatic rings. The molecule has 0 saturated carbocycles. The third-order valence-electron chi connectivity index (χ3n) is 5.94. The number of likely N-dealkylation sites (tertiary alicyclic amines) is 1. The lowest BCUT2D eigenvalue weighted by molar-refractivity contribution is -0.140. The van der Waals surface area contributed by atoms with Crippen molar-refractivity contribution in [2.24, 2.45) is 0 Å². The van der Waals surface area contributed by atoms with E-state index in [1.54, 1.807) is 72.1 Å². The van der Waals surface area contributed by atoms with E-state index in [1.807, 2.05) is 6.07 Å². The first-order valence-electron chi connectivity index (χ1n) is 11.1. The van der Waals surface area contributed by atoms with E-state index in [0.717, 1.165) is 0 Å². The van der Waals surface area contributed by atoms with Crippen molar-refractivity contribution in [2.45, 2.75) is 19.5 Å². The number of fused-ring (bicyclic) bond motifs is 1. The highest BCUT2D eigenvalue weighted by Crippen LogP contribution is 2.41. The molecule has 1 aliphatic heterocycles. The molecule has 1 saturated heterocycles. The zero-order valence-corrected chi connectivity index (χ0v) is 19.0. The van der Waals surface area contributed by atoms with Gasteiger partial charge in [0, 0.05) is 6.20 Å². The number of aliphatic hydroxyl groups excluding tert-OH is 1. The number of hydrogen-bond donors (Lipinski definition) is 1. The number of rotatable bonds is 7. The van der Waals surface area contributed by atoms with Gasteiger partial charge >= 0.3 is 0 Å². The van der Waals surface area contributed by atoms with E-state index in [1.165, 1.54) is 11.2 Å². The van der Waals surface area contributed by atoms with Gasteiger partial charge in [-0.25, -0.2) is 4.98 Å². The number of furan rings is 1. The maximum absolute atomic E-state index is 13.3. The van der Waals surface area contributed by atoms with Crippen molar-refractivity contribution in [3.8, 4) is 5.75 Å². The van der Waals surface area contributed by atoms with Crippen LogP contribution in [0.3, 0.4) is 0 Å². The molecular weight excluding hydrogens is 446 g/mol. The van der Waals surface area contributed by atoms with Crippen molar-refractivity contribution >= 4 is 23.1 Å². The van der Waals surface area contributed by atoms with Crippen molar-refractivity contribution in [2.75, 3.05) is 6.61 Å². The van der Waals surface area contributed by atoms with E-state index in [2.05, 4.69) is 11.6 Å². The summed E-state index contributed by atoms with van der Waals surface area (Å²) in [5.74, 6) is -0.621. The van der Waals surface area contributed by atoms with E-state index in [4.69, 9.17) is 9.15 Å². The minimum atomic E-state index is -0.831. The molecule has 1 fully saturated rings. The van der Waals surface area contributed by atoms with Crippen LogP contribution in [-0.4, -0.2) is 37.7 Å². The van der Waals surface area contributed by atoms with Gasteiger partial charge in [-0.15, -0.1) is 0 Å². The zero-order valence-electron chi connectivity index (χ0n) is 19.0. The molecule has 0 bridgehead atoms. The summed E-state index contributed by atoms with van der Waals surface area (Å²) >= 11 is 0. The Balaban J connectivity index is 1.66. The topological polar surface area (TPSA) is 97.3 Å². The third kappa shape index (κ3) is 3.89. The van der Waals surface area contributed by atoms with Gasteiger partial charge in [-0.3, -0.25) is 14.0 Å². The highest BCUT2D eigenvalue weighted by Gasteiger charge is 2.47. The third-order valence-corrected chi connectivity index (χ3v) is 5.94. The summed E-state index contributed by atoms with van der Waals surface area (Å²) in [4.78, 5) is 32.4. The van der Waals surface area contributed by atoms with Crippen LogP contribution in [0.5, 0.6) is 5.75 Å². The molecule has 0 spiro atoms. The van der Waals surface area contributed by atoms with Crippen LogP contribution in [0.1, 0.15) is 28.8 Å². The standard InChI is InChI=1S/C27H23N3O5/c1-3-14-34-19-11-9-18(10-12-19)24-22(26(32)27(33)30(24)16-20-7-6-15-35-20)25(31)23-17(2)28-21-8-4-5-13-29(21)23/h3-13,15,24,31H,1,14,16H2,2H3/b25-22+. The monoisotopic (exact) mass is 469 g/mol. The number of amides is 1. The molecule has 4 heterocycles. The van der Waals surface area contributed by atoms with Crippen LogP contribution in [0.25, 0.3) is 11.4 Å². The predicted molar refractivity (Wildman–Crippen MR) is 129 cm³/mol. The number of nitrogens with zero attached hydrogens (tertiary/aromatic N) is 3. The first kappa shape index (κ1) is 22.2. The van der Waals surface area contributed by atoms with Crippen molar-refractivity contribution in [1.29, 1.82) is 0 Å². The fraction of sp³-hybridized carbons (Fsp3) is 0.148. The lowest BCUT2D eigenvalue weighted by Gasteiger charge is -2.24. The summed E-state index contributed by atoms with van der Waals surface area (Å²) in [6, 6.07) is 15.1. The Morgan fingerprint density at radius 1 is 1.17 bits per heavy atom. The number of aliphatic hydroxyl groups is 1. The largest absolute Gasteiger partial charge is 0.505 e. The number of imidazole rings is 1. The van der Waals surface area contributed by atoms with Gasteiger partial charge in [0.25, 0.3) is 11.7 Å². The number of ketones is 1. The summed E-state index contributed by atoms with van der Waals surface area (Å²) in [6.07, 6.45) is 4.91. The molecule has 0 aliphatic carbocycles. The molecule has 4 aromatic rings. The molecule has 35 heavy (non-hydrogen) atoms. The van der Waals surface area contributed by atoms with Gasteiger partial charge in [0.15, 0.2) is 5.76 Å². The van der Waals surface area contributed by atoms with Gasteiger partial charge in [-0.1, -0.05) is 30.9 Å². The van der Waals surface area contributed by atoms with E-state index in [9.17, 15) is 14.7 Å². The van der Waals surface area contributed by atoms with Gasteiger partial charge in [-0.2, -0.15) is 0 Å². The average molecular weight is 469 g/mol. The Morgan fingerprint density at radius 2 is 1.97 bits per heavy atom. The number of benzene rings is 1. The summed E-state index contributed by atoms with van der Waals surface area (Å²) in [5, 5.41) is 11.5. The number of ether oxygens (including phenoxy) is 1. The summed E-state index contributed by atoms with van der Waals surface area (Å²) in [7, 11) is 0. The Morgan fingerprint density at radius 3 is 2.69 bits per heavy atom. The number of carbonyl (C=O) groups is 2. The smallest absolute Gasteiger partial charge is 0.296 e. The number of aryl methyl sites for hydroxylation is 1. The molecule has 176 valence electrons. The molecule has 1 atom stereocenters. The number of pyridine rings is 1. The normalized spacial score (nSPS) is 17.3. The Labute approximate surface area is 201 Å². The zero-order chi connectivity index (χ0) is 24.5. The summed E-state index contributed by atoms with van der Waals surface area (Å²) < 4.78 is 12.7. The molecule has 5 rings (SSSR count). The van der Waals surface area contributed by atoms with Crippen molar-refractivity contribution in [3.05, 3.63) is 108 Å². The fourth-order valence-electron chi connectivity index (χ4n) is 4.39. The second-order valence-electron chi connectivity index (χ2n) is 8.15. The van der Waals surface area contributed by atoms with Crippen LogP contribution in [0, 0.1) is 6.92 Å². The first-order valence-corrected chi connectivity index (χ1v) is 11.1. The summed E-state index contributed by atoms with van der Waals surface area (Å²) in [6.45, 7) is 5.82. The van der Waals surface area contributed by atoms with Crippen molar-refractivity contribution < 1.29 is 23.8 Å². The maximum atomic E-state index is 13.3. The average Bonchev–Trinajstić information content (AvgIpc) is 3.56.